The van der Waals surface area contributed by atoms with Crippen LogP contribution < -0.4 is 5.73 Å². The summed E-state index contributed by atoms with van der Waals surface area (Å²) in [6, 6.07) is 15.1. The van der Waals surface area contributed by atoms with Crippen molar-refractivity contribution < 1.29 is 9.90 Å². The number of carboxylic acids is 1. The third-order valence-corrected chi connectivity index (χ3v) is 3.41. The van der Waals surface area contributed by atoms with Crippen molar-refractivity contribution in [3.8, 4) is 11.1 Å². The number of benzene rings is 2. The monoisotopic (exact) mass is 255 g/mol. The van der Waals surface area contributed by atoms with E-state index < -0.39 is 11.4 Å². The molecule has 0 atom stereocenters. The third-order valence-electron chi connectivity index (χ3n) is 3.41. The maximum Gasteiger partial charge on any atom is 0.313 e. The Kier molecular flexibility index (Phi) is 3.30. The zero-order valence-corrected chi connectivity index (χ0v) is 11.1. The molecule has 0 saturated heterocycles. The van der Waals surface area contributed by atoms with Gasteiger partial charge in [0.25, 0.3) is 0 Å². The molecule has 0 aromatic heterocycles. The van der Waals surface area contributed by atoms with Gasteiger partial charge in [-0.05, 0) is 31.0 Å². The van der Waals surface area contributed by atoms with Gasteiger partial charge in [0.1, 0.15) is 0 Å². The highest BCUT2D eigenvalue weighted by Gasteiger charge is 2.29. The van der Waals surface area contributed by atoms with Crippen LogP contribution in [0.25, 0.3) is 11.1 Å². The van der Waals surface area contributed by atoms with Crippen LogP contribution in [0.5, 0.6) is 0 Å². The summed E-state index contributed by atoms with van der Waals surface area (Å²) in [6.07, 6.45) is 0. The Morgan fingerprint density at radius 2 is 1.63 bits per heavy atom. The average Bonchev–Trinajstić information content (AvgIpc) is 2.39. The van der Waals surface area contributed by atoms with Gasteiger partial charge in [-0.2, -0.15) is 0 Å². The van der Waals surface area contributed by atoms with Gasteiger partial charge in [0.05, 0.1) is 5.41 Å². The summed E-state index contributed by atoms with van der Waals surface area (Å²) < 4.78 is 0. The van der Waals surface area contributed by atoms with E-state index in [0.717, 1.165) is 16.7 Å². The number of nitrogen functional groups attached to an aromatic ring is 1. The lowest BCUT2D eigenvalue weighted by molar-refractivity contribution is -0.142. The minimum Gasteiger partial charge on any atom is -0.481 e. The van der Waals surface area contributed by atoms with Crippen molar-refractivity contribution in [1.29, 1.82) is 0 Å². The zero-order valence-electron chi connectivity index (χ0n) is 11.1. The fourth-order valence-corrected chi connectivity index (χ4v) is 1.95. The van der Waals surface area contributed by atoms with Crippen LogP contribution in [0.3, 0.4) is 0 Å². The van der Waals surface area contributed by atoms with Gasteiger partial charge in [0, 0.05) is 11.3 Å². The van der Waals surface area contributed by atoms with E-state index in [2.05, 4.69) is 0 Å². The second-order valence-electron chi connectivity index (χ2n) is 5.09. The molecule has 0 bridgehead atoms. The summed E-state index contributed by atoms with van der Waals surface area (Å²) in [5, 5.41) is 9.21. The molecule has 0 spiro atoms. The molecule has 0 aliphatic carbocycles. The standard InChI is InChI=1S/C16H17NO2/c1-16(2,15(18)19)12-9-7-11(8-10-12)13-5-3-4-6-14(13)17/h3-10H,17H2,1-2H3,(H,18,19). The quantitative estimate of drug-likeness (QED) is 0.827. The van der Waals surface area contributed by atoms with Crippen molar-refractivity contribution in [1.82, 2.24) is 0 Å². The maximum absolute atomic E-state index is 11.2. The highest BCUT2D eigenvalue weighted by Crippen LogP contribution is 2.29. The van der Waals surface area contributed by atoms with E-state index in [4.69, 9.17) is 5.73 Å². The van der Waals surface area contributed by atoms with Gasteiger partial charge in [-0.25, -0.2) is 0 Å². The van der Waals surface area contributed by atoms with E-state index in [1.165, 1.54) is 0 Å². The first-order valence-corrected chi connectivity index (χ1v) is 6.12. The van der Waals surface area contributed by atoms with E-state index in [1.54, 1.807) is 13.8 Å². The molecule has 0 heterocycles. The molecular weight excluding hydrogens is 238 g/mol. The van der Waals surface area contributed by atoms with Crippen LogP contribution in [0.1, 0.15) is 19.4 Å². The first kappa shape index (κ1) is 13.1. The van der Waals surface area contributed by atoms with Crippen LogP contribution in [0.15, 0.2) is 48.5 Å². The Labute approximate surface area is 112 Å². The highest BCUT2D eigenvalue weighted by molar-refractivity contribution is 5.81. The Bertz CT molecular complexity index is 600. The van der Waals surface area contributed by atoms with Crippen molar-refractivity contribution in [3.05, 3.63) is 54.1 Å². The molecule has 2 aromatic rings. The molecule has 3 nitrogen and oxygen atoms in total. The van der Waals surface area contributed by atoms with Crippen LogP contribution >= 0.6 is 0 Å². The number of carboxylic acid groups (broad SMARTS) is 1. The number of anilines is 1. The van der Waals surface area contributed by atoms with Gasteiger partial charge in [-0.3, -0.25) is 4.79 Å². The predicted molar refractivity (Wildman–Crippen MR) is 77.0 cm³/mol. The van der Waals surface area contributed by atoms with Gasteiger partial charge < -0.3 is 10.8 Å². The fourth-order valence-electron chi connectivity index (χ4n) is 1.95. The van der Waals surface area contributed by atoms with E-state index in [-0.39, 0.29) is 0 Å². The van der Waals surface area contributed by atoms with Crippen molar-refractivity contribution >= 4 is 11.7 Å². The maximum atomic E-state index is 11.2. The summed E-state index contributed by atoms with van der Waals surface area (Å²) >= 11 is 0. The van der Waals surface area contributed by atoms with E-state index in [9.17, 15) is 9.90 Å². The van der Waals surface area contributed by atoms with E-state index in [0.29, 0.717) is 5.69 Å². The smallest absolute Gasteiger partial charge is 0.313 e. The SMILES string of the molecule is CC(C)(C(=O)O)c1ccc(-c2ccccc2N)cc1. The van der Waals surface area contributed by atoms with Crippen LogP contribution in [0, 0.1) is 0 Å². The lowest BCUT2D eigenvalue weighted by Crippen LogP contribution is -2.28. The minimum atomic E-state index is -0.888. The molecule has 3 N–H and O–H groups in total. The summed E-state index contributed by atoms with van der Waals surface area (Å²) in [5.41, 5.74) is 8.48. The largest absolute Gasteiger partial charge is 0.481 e. The van der Waals surface area contributed by atoms with Gasteiger partial charge >= 0.3 is 5.97 Å². The van der Waals surface area contributed by atoms with Crippen molar-refractivity contribution in [3.63, 3.8) is 0 Å². The van der Waals surface area contributed by atoms with Crippen LogP contribution in [0.4, 0.5) is 5.69 Å². The Balaban J connectivity index is 2.40. The number of nitrogens with two attached hydrogens (primary N) is 1. The van der Waals surface area contributed by atoms with Crippen molar-refractivity contribution in [2.75, 3.05) is 5.73 Å². The molecule has 98 valence electrons. The number of carbonyl (C=O) groups is 1. The molecule has 0 amide bonds. The summed E-state index contributed by atoms with van der Waals surface area (Å²) in [6.45, 7) is 3.39. The van der Waals surface area contributed by atoms with Gasteiger partial charge in [-0.15, -0.1) is 0 Å². The molecule has 0 fully saturated rings. The predicted octanol–water partition coefficient (Wildman–Crippen LogP) is 3.30. The lowest BCUT2D eigenvalue weighted by Gasteiger charge is -2.20. The highest BCUT2D eigenvalue weighted by atomic mass is 16.4. The van der Waals surface area contributed by atoms with Crippen molar-refractivity contribution in [2.24, 2.45) is 0 Å². The molecule has 2 aromatic carbocycles. The normalized spacial score (nSPS) is 11.3. The molecule has 0 aliphatic rings. The topological polar surface area (TPSA) is 63.3 Å². The first-order valence-electron chi connectivity index (χ1n) is 6.12. The van der Waals surface area contributed by atoms with Crippen LogP contribution in [0.2, 0.25) is 0 Å². The second kappa shape index (κ2) is 4.76. The van der Waals surface area contributed by atoms with Crippen molar-refractivity contribution in [2.45, 2.75) is 19.3 Å². The fraction of sp³-hybridized carbons (Fsp3) is 0.188. The van der Waals surface area contributed by atoms with Crippen LogP contribution in [-0.2, 0) is 10.2 Å². The minimum absolute atomic E-state index is 0.716. The summed E-state index contributed by atoms with van der Waals surface area (Å²) in [4.78, 5) is 11.2. The first-order chi connectivity index (χ1) is 8.93. The van der Waals surface area contributed by atoms with Crippen LogP contribution in [-0.4, -0.2) is 11.1 Å². The Morgan fingerprint density at radius 1 is 1.05 bits per heavy atom. The number of aliphatic carboxylic acids is 1. The number of hydrogen-bond donors (Lipinski definition) is 2. The van der Waals surface area contributed by atoms with E-state index >= 15 is 0 Å². The molecule has 0 radical (unpaired) electrons. The average molecular weight is 255 g/mol. The number of para-hydroxylation sites is 1. The summed E-state index contributed by atoms with van der Waals surface area (Å²) in [5.74, 6) is -0.834. The van der Waals surface area contributed by atoms with E-state index in [1.807, 2.05) is 48.5 Å². The zero-order chi connectivity index (χ0) is 14.0. The third kappa shape index (κ3) is 2.45. The molecular formula is C16H17NO2. The number of hydrogen-bond acceptors (Lipinski definition) is 2. The Hall–Kier alpha value is -2.29. The molecule has 0 aliphatic heterocycles. The molecule has 3 heteroatoms. The number of rotatable bonds is 3. The molecule has 2 rings (SSSR count). The Morgan fingerprint density at radius 3 is 2.16 bits per heavy atom. The molecule has 0 saturated carbocycles. The second-order valence-corrected chi connectivity index (χ2v) is 5.09. The van der Waals surface area contributed by atoms with Gasteiger partial charge in [0.15, 0.2) is 0 Å². The summed E-state index contributed by atoms with van der Waals surface area (Å²) in [7, 11) is 0. The van der Waals surface area contributed by atoms with Gasteiger partial charge in [0.2, 0.25) is 0 Å². The lowest BCUT2D eigenvalue weighted by atomic mass is 9.84. The molecule has 19 heavy (non-hydrogen) atoms. The van der Waals surface area contributed by atoms with Gasteiger partial charge in [-0.1, -0.05) is 42.5 Å². The molecule has 0 unspecified atom stereocenters.